The van der Waals surface area contributed by atoms with Crippen molar-refractivity contribution in [1.82, 2.24) is 24.8 Å². The zero-order chi connectivity index (χ0) is 16.2. The van der Waals surface area contributed by atoms with Crippen molar-refractivity contribution in [1.29, 1.82) is 0 Å². The molecular formula is C17H17N5O. The summed E-state index contributed by atoms with van der Waals surface area (Å²) in [5.41, 5.74) is 2.87. The first-order valence-electron chi connectivity index (χ1n) is 7.44. The molecule has 6 heteroatoms. The van der Waals surface area contributed by atoms with Crippen LogP contribution in [0, 0.1) is 0 Å². The molecule has 1 amide bonds. The normalized spacial score (nSPS) is 10.7. The molecule has 3 rings (SSSR count). The number of carbonyl (C=O) groups is 1. The summed E-state index contributed by atoms with van der Waals surface area (Å²) in [5, 5.41) is 0. The molecule has 0 aliphatic carbocycles. The molecule has 0 aliphatic heterocycles. The molecule has 3 aromatic rings. The number of nitrogens with zero attached hydrogens (tertiary/aromatic N) is 5. The fourth-order valence-electron chi connectivity index (χ4n) is 2.25. The van der Waals surface area contributed by atoms with Crippen LogP contribution in [0.15, 0.2) is 42.9 Å². The van der Waals surface area contributed by atoms with Gasteiger partial charge >= 0.3 is 0 Å². The minimum absolute atomic E-state index is 0.136. The van der Waals surface area contributed by atoms with Gasteiger partial charge in [-0.2, -0.15) is 0 Å². The lowest BCUT2D eigenvalue weighted by Gasteiger charge is -2.16. The molecule has 0 radical (unpaired) electrons. The van der Waals surface area contributed by atoms with E-state index in [-0.39, 0.29) is 5.91 Å². The summed E-state index contributed by atoms with van der Waals surface area (Å²) in [4.78, 5) is 31.2. The van der Waals surface area contributed by atoms with Crippen LogP contribution >= 0.6 is 0 Å². The van der Waals surface area contributed by atoms with Gasteiger partial charge in [-0.25, -0.2) is 15.0 Å². The summed E-state index contributed by atoms with van der Waals surface area (Å²) in [6, 6.07) is 7.66. The Hall–Kier alpha value is -2.89. The molecule has 2 heterocycles. The number of aromatic nitrogens is 4. The van der Waals surface area contributed by atoms with E-state index >= 15 is 0 Å². The highest BCUT2D eigenvalue weighted by Gasteiger charge is 2.14. The number of hydrogen-bond donors (Lipinski definition) is 0. The van der Waals surface area contributed by atoms with E-state index in [2.05, 4.69) is 19.9 Å². The van der Waals surface area contributed by atoms with Gasteiger partial charge in [-0.1, -0.05) is 19.1 Å². The summed E-state index contributed by atoms with van der Waals surface area (Å²) in [5.74, 6) is 0.590. The van der Waals surface area contributed by atoms with Gasteiger partial charge in [0.05, 0.1) is 35.0 Å². The van der Waals surface area contributed by atoms with Gasteiger partial charge in [0, 0.05) is 25.9 Å². The van der Waals surface area contributed by atoms with Crippen molar-refractivity contribution in [2.45, 2.75) is 19.9 Å². The van der Waals surface area contributed by atoms with Crippen molar-refractivity contribution in [3.05, 3.63) is 59.9 Å². The third-order valence-electron chi connectivity index (χ3n) is 3.51. The molecule has 2 aromatic heterocycles. The first-order valence-corrected chi connectivity index (χ1v) is 7.44. The van der Waals surface area contributed by atoms with E-state index in [0.29, 0.717) is 12.1 Å². The van der Waals surface area contributed by atoms with Gasteiger partial charge in [0.1, 0.15) is 5.82 Å². The van der Waals surface area contributed by atoms with Crippen molar-refractivity contribution < 1.29 is 4.79 Å². The van der Waals surface area contributed by atoms with E-state index < -0.39 is 0 Å². The summed E-state index contributed by atoms with van der Waals surface area (Å²) in [6.07, 6.45) is 5.58. The van der Waals surface area contributed by atoms with Gasteiger partial charge in [-0.15, -0.1) is 0 Å². The maximum Gasteiger partial charge on any atom is 0.257 e. The van der Waals surface area contributed by atoms with Gasteiger partial charge in [-0.3, -0.25) is 9.78 Å². The van der Waals surface area contributed by atoms with E-state index in [4.69, 9.17) is 0 Å². The second-order valence-corrected chi connectivity index (χ2v) is 5.25. The van der Waals surface area contributed by atoms with Gasteiger partial charge in [-0.05, 0) is 12.1 Å². The highest BCUT2D eigenvalue weighted by atomic mass is 16.2. The topological polar surface area (TPSA) is 71.9 Å². The summed E-state index contributed by atoms with van der Waals surface area (Å²) < 4.78 is 0. The van der Waals surface area contributed by atoms with Crippen LogP contribution in [0.2, 0.25) is 0 Å². The van der Waals surface area contributed by atoms with Crippen molar-refractivity contribution in [2.75, 3.05) is 7.05 Å². The van der Waals surface area contributed by atoms with Gasteiger partial charge in [0.25, 0.3) is 5.91 Å². The molecule has 0 aliphatic rings. The van der Waals surface area contributed by atoms with Crippen molar-refractivity contribution in [3.63, 3.8) is 0 Å². The Bertz CT molecular complexity index is 832. The van der Waals surface area contributed by atoms with E-state index in [0.717, 1.165) is 29.0 Å². The second kappa shape index (κ2) is 6.48. The Morgan fingerprint density at radius 2 is 1.74 bits per heavy atom. The molecule has 0 saturated heterocycles. The SMILES string of the molecule is CCc1ncc(C(=O)N(C)Cc2cnc3ccccc3n2)cn1. The lowest BCUT2D eigenvalue weighted by atomic mass is 10.2. The zero-order valence-electron chi connectivity index (χ0n) is 13.1. The lowest BCUT2D eigenvalue weighted by molar-refractivity contribution is 0.0782. The van der Waals surface area contributed by atoms with Crippen LogP contribution < -0.4 is 0 Å². The second-order valence-electron chi connectivity index (χ2n) is 5.25. The number of para-hydroxylation sites is 2. The Labute approximate surface area is 134 Å². The van der Waals surface area contributed by atoms with E-state index in [1.165, 1.54) is 0 Å². The van der Waals surface area contributed by atoms with Crippen LogP contribution in [0.1, 0.15) is 28.8 Å². The standard InChI is InChI=1S/C17H17N5O/c1-3-16-19-8-12(9-20-16)17(23)22(2)11-13-10-18-14-6-4-5-7-15(14)21-13/h4-10H,3,11H2,1-2H3. The lowest BCUT2D eigenvalue weighted by Crippen LogP contribution is -2.27. The zero-order valence-corrected chi connectivity index (χ0v) is 13.1. The Balaban J connectivity index is 1.76. The number of fused-ring (bicyclic) bond motifs is 1. The number of benzene rings is 1. The van der Waals surface area contributed by atoms with Crippen LogP contribution in [0.4, 0.5) is 0 Å². The molecule has 23 heavy (non-hydrogen) atoms. The molecule has 6 nitrogen and oxygen atoms in total. The molecule has 0 spiro atoms. The number of carbonyl (C=O) groups excluding carboxylic acids is 1. The molecule has 0 unspecified atom stereocenters. The summed E-state index contributed by atoms with van der Waals surface area (Å²) >= 11 is 0. The predicted octanol–water partition coefficient (Wildman–Crippen LogP) is 2.25. The Morgan fingerprint density at radius 3 is 2.43 bits per heavy atom. The van der Waals surface area contributed by atoms with Crippen LogP contribution in [0.25, 0.3) is 11.0 Å². The third-order valence-corrected chi connectivity index (χ3v) is 3.51. The number of amides is 1. The molecule has 0 saturated carbocycles. The maximum atomic E-state index is 12.4. The highest BCUT2D eigenvalue weighted by molar-refractivity contribution is 5.93. The predicted molar refractivity (Wildman–Crippen MR) is 86.7 cm³/mol. The Morgan fingerprint density at radius 1 is 1.04 bits per heavy atom. The van der Waals surface area contributed by atoms with Crippen LogP contribution in [-0.4, -0.2) is 37.8 Å². The fourth-order valence-corrected chi connectivity index (χ4v) is 2.25. The smallest absolute Gasteiger partial charge is 0.257 e. The minimum atomic E-state index is -0.136. The van der Waals surface area contributed by atoms with Crippen LogP contribution in [0.3, 0.4) is 0 Å². The molecule has 0 fully saturated rings. The van der Waals surface area contributed by atoms with Crippen molar-refractivity contribution in [2.24, 2.45) is 0 Å². The summed E-state index contributed by atoms with van der Waals surface area (Å²) in [6.45, 7) is 2.35. The molecule has 1 aromatic carbocycles. The van der Waals surface area contributed by atoms with E-state index in [1.54, 1.807) is 30.5 Å². The molecule has 0 atom stereocenters. The summed E-state index contributed by atoms with van der Waals surface area (Å²) in [7, 11) is 1.73. The number of hydrogen-bond acceptors (Lipinski definition) is 5. The Kier molecular flexibility index (Phi) is 4.23. The third kappa shape index (κ3) is 3.31. The van der Waals surface area contributed by atoms with E-state index in [9.17, 15) is 4.79 Å². The van der Waals surface area contributed by atoms with Gasteiger partial charge in [0.2, 0.25) is 0 Å². The molecular weight excluding hydrogens is 290 g/mol. The monoisotopic (exact) mass is 307 g/mol. The fraction of sp³-hybridized carbons (Fsp3) is 0.235. The average molecular weight is 307 g/mol. The molecule has 0 N–H and O–H groups in total. The average Bonchev–Trinajstić information content (AvgIpc) is 2.61. The highest BCUT2D eigenvalue weighted by Crippen LogP contribution is 2.11. The quantitative estimate of drug-likeness (QED) is 0.739. The maximum absolute atomic E-state index is 12.4. The number of aryl methyl sites for hydroxylation is 1. The van der Waals surface area contributed by atoms with Crippen LogP contribution in [-0.2, 0) is 13.0 Å². The minimum Gasteiger partial charge on any atom is -0.336 e. The van der Waals surface area contributed by atoms with Crippen molar-refractivity contribution in [3.8, 4) is 0 Å². The largest absolute Gasteiger partial charge is 0.336 e. The van der Waals surface area contributed by atoms with Gasteiger partial charge < -0.3 is 4.90 Å². The van der Waals surface area contributed by atoms with Gasteiger partial charge in [0.15, 0.2) is 0 Å². The van der Waals surface area contributed by atoms with Crippen LogP contribution in [0.5, 0.6) is 0 Å². The molecule has 116 valence electrons. The molecule has 0 bridgehead atoms. The first-order chi connectivity index (χ1) is 11.2. The van der Waals surface area contributed by atoms with Crippen molar-refractivity contribution >= 4 is 16.9 Å². The number of rotatable bonds is 4. The van der Waals surface area contributed by atoms with E-state index in [1.807, 2.05) is 31.2 Å². The first kappa shape index (κ1) is 15.0.